The quantitative estimate of drug-likeness (QED) is 0.694. The van der Waals surface area contributed by atoms with Crippen LogP contribution >= 0.6 is 0 Å². The third-order valence-electron chi connectivity index (χ3n) is 4.21. The van der Waals surface area contributed by atoms with Gasteiger partial charge in [0.2, 0.25) is 0 Å². The number of nitrogens with zero attached hydrogens (tertiary/aromatic N) is 3. The summed E-state index contributed by atoms with van der Waals surface area (Å²) in [5.74, 6) is -3.05. The number of nitrogens with one attached hydrogen (secondary N) is 1. The second-order valence-corrected chi connectivity index (χ2v) is 6.32. The van der Waals surface area contributed by atoms with E-state index in [1.807, 2.05) is 12.1 Å². The molecule has 0 saturated carbocycles. The van der Waals surface area contributed by atoms with Crippen molar-refractivity contribution < 1.29 is 18.4 Å². The molecule has 6 nitrogen and oxygen atoms in total. The largest absolute Gasteiger partial charge is 0.340 e. The predicted molar refractivity (Wildman–Crippen MR) is 103 cm³/mol. The molecule has 2 amide bonds. The van der Waals surface area contributed by atoms with Gasteiger partial charge in [0.25, 0.3) is 11.8 Å². The van der Waals surface area contributed by atoms with E-state index >= 15 is 0 Å². The Morgan fingerprint density at radius 2 is 1.72 bits per heavy atom. The Bertz CT molecular complexity index is 1030. The van der Waals surface area contributed by atoms with Crippen LogP contribution < -0.4 is 5.32 Å². The molecule has 2 heterocycles. The minimum Gasteiger partial charge on any atom is -0.340 e. The average Bonchev–Trinajstić information content (AvgIpc) is 2.75. The average molecular weight is 396 g/mol. The van der Waals surface area contributed by atoms with E-state index in [0.717, 1.165) is 17.7 Å². The van der Waals surface area contributed by atoms with Gasteiger partial charge in [-0.05, 0) is 48.4 Å². The molecule has 148 valence electrons. The Hall–Kier alpha value is -3.68. The molecule has 2 aromatic heterocycles. The number of aromatic nitrogens is 2. The van der Waals surface area contributed by atoms with Crippen LogP contribution in [0.2, 0.25) is 0 Å². The number of rotatable bonds is 6. The number of halogens is 2. The number of hydrogen-bond donors (Lipinski definition) is 1. The van der Waals surface area contributed by atoms with Crippen molar-refractivity contribution in [3.63, 3.8) is 0 Å². The Morgan fingerprint density at radius 3 is 2.45 bits per heavy atom. The Morgan fingerprint density at radius 1 is 1.00 bits per heavy atom. The fourth-order valence-electron chi connectivity index (χ4n) is 2.59. The van der Waals surface area contributed by atoms with Gasteiger partial charge in [0.05, 0.1) is 0 Å². The number of anilines is 1. The normalized spacial score (nSPS) is 10.4. The third-order valence-corrected chi connectivity index (χ3v) is 4.21. The van der Waals surface area contributed by atoms with Gasteiger partial charge >= 0.3 is 0 Å². The minimum atomic E-state index is -1.07. The van der Waals surface area contributed by atoms with Gasteiger partial charge < -0.3 is 10.2 Å². The van der Waals surface area contributed by atoms with Crippen LogP contribution in [0.4, 0.5) is 14.5 Å². The first-order valence-corrected chi connectivity index (χ1v) is 8.82. The SMILES string of the molecule is CN(CCc1ccncc1)C(=O)c1cccc(C(=O)Nc2ccc(F)c(F)c2)n1. The van der Waals surface area contributed by atoms with E-state index in [4.69, 9.17) is 0 Å². The number of benzene rings is 1. The zero-order valence-corrected chi connectivity index (χ0v) is 15.6. The molecule has 0 bridgehead atoms. The molecule has 0 spiro atoms. The van der Waals surface area contributed by atoms with Crippen molar-refractivity contribution in [1.29, 1.82) is 0 Å². The van der Waals surface area contributed by atoms with E-state index in [1.54, 1.807) is 19.4 Å². The lowest BCUT2D eigenvalue weighted by Gasteiger charge is -2.17. The molecule has 0 aliphatic heterocycles. The Kier molecular flexibility index (Phi) is 6.23. The first-order chi connectivity index (χ1) is 13.9. The molecule has 1 N–H and O–H groups in total. The van der Waals surface area contributed by atoms with Gasteiger partial charge in [-0.1, -0.05) is 6.07 Å². The van der Waals surface area contributed by atoms with Crippen molar-refractivity contribution in [2.45, 2.75) is 6.42 Å². The molecule has 0 saturated heterocycles. The van der Waals surface area contributed by atoms with Crippen molar-refractivity contribution in [1.82, 2.24) is 14.9 Å². The Balaban J connectivity index is 1.66. The van der Waals surface area contributed by atoms with Crippen molar-refractivity contribution in [3.8, 4) is 0 Å². The summed E-state index contributed by atoms with van der Waals surface area (Å²) >= 11 is 0. The first kappa shape index (κ1) is 20.1. The smallest absolute Gasteiger partial charge is 0.274 e. The minimum absolute atomic E-state index is 0.0110. The third kappa shape index (κ3) is 5.19. The number of carbonyl (C=O) groups is 2. The summed E-state index contributed by atoms with van der Waals surface area (Å²) in [5.41, 5.74) is 1.23. The number of pyridine rings is 2. The molecule has 0 unspecified atom stereocenters. The van der Waals surface area contributed by atoms with Crippen LogP contribution in [0.5, 0.6) is 0 Å². The van der Waals surface area contributed by atoms with Gasteiger partial charge in [0.1, 0.15) is 11.4 Å². The Labute approximate surface area is 166 Å². The van der Waals surface area contributed by atoms with E-state index in [2.05, 4.69) is 15.3 Å². The fourth-order valence-corrected chi connectivity index (χ4v) is 2.59. The van der Waals surface area contributed by atoms with Crippen molar-refractivity contribution in [2.24, 2.45) is 0 Å². The van der Waals surface area contributed by atoms with Crippen molar-refractivity contribution in [3.05, 3.63) is 89.5 Å². The van der Waals surface area contributed by atoms with Crippen molar-refractivity contribution >= 4 is 17.5 Å². The molecule has 29 heavy (non-hydrogen) atoms. The highest BCUT2D eigenvalue weighted by Gasteiger charge is 2.16. The molecule has 0 aliphatic carbocycles. The lowest BCUT2D eigenvalue weighted by atomic mass is 10.2. The molecule has 1 aromatic carbocycles. The summed E-state index contributed by atoms with van der Waals surface area (Å²) in [7, 11) is 1.65. The van der Waals surface area contributed by atoms with E-state index in [1.165, 1.54) is 29.2 Å². The monoisotopic (exact) mass is 396 g/mol. The predicted octanol–water partition coefficient (Wildman–Crippen LogP) is 3.32. The summed E-state index contributed by atoms with van der Waals surface area (Å²) in [5, 5.41) is 2.43. The molecule has 0 radical (unpaired) electrons. The topological polar surface area (TPSA) is 75.2 Å². The molecule has 3 rings (SSSR count). The summed E-state index contributed by atoms with van der Waals surface area (Å²) in [6, 6.07) is 11.3. The van der Waals surface area contributed by atoms with Crippen molar-refractivity contribution in [2.75, 3.05) is 18.9 Å². The highest BCUT2D eigenvalue weighted by atomic mass is 19.2. The lowest BCUT2D eigenvalue weighted by Crippen LogP contribution is -2.30. The zero-order chi connectivity index (χ0) is 20.8. The van der Waals surface area contributed by atoms with Crippen LogP contribution in [-0.2, 0) is 6.42 Å². The zero-order valence-electron chi connectivity index (χ0n) is 15.6. The van der Waals surface area contributed by atoms with Crippen LogP contribution in [0.25, 0.3) is 0 Å². The number of carbonyl (C=O) groups excluding carboxylic acids is 2. The van der Waals surface area contributed by atoms with Gasteiger partial charge in [-0.15, -0.1) is 0 Å². The highest BCUT2D eigenvalue weighted by molar-refractivity contribution is 6.03. The van der Waals surface area contributed by atoms with E-state index in [0.29, 0.717) is 13.0 Å². The summed E-state index contributed by atoms with van der Waals surface area (Å²) in [4.78, 5) is 34.5. The van der Waals surface area contributed by atoms with Crippen LogP contribution in [0, 0.1) is 11.6 Å². The number of amides is 2. The van der Waals surface area contributed by atoms with Gasteiger partial charge in [-0.3, -0.25) is 14.6 Å². The standard InChI is InChI=1S/C21H18F2N4O2/c1-27(12-9-14-7-10-24-11-8-14)21(29)19-4-2-3-18(26-19)20(28)25-15-5-6-16(22)17(23)13-15/h2-8,10-11,13H,9,12H2,1H3,(H,25,28). The fraction of sp³-hybridized carbons (Fsp3) is 0.143. The molecular formula is C21H18F2N4O2. The summed E-state index contributed by atoms with van der Waals surface area (Å²) in [6.45, 7) is 0.468. The number of likely N-dealkylation sites (N-methyl/N-ethyl adjacent to an activating group) is 1. The van der Waals surface area contributed by atoms with Gasteiger partial charge in [0, 0.05) is 37.7 Å². The van der Waals surface area contributed by atoms with Gasteiger partial charge in [-0.25, -0.2) is 13.8 Å². The van der Waals surface area contributed by atoms with Crippen LogP contribution in [-0.4, -0.2) is 40.3 Å². The maximum absolute atomic E-state index is 13.3. The molecule has 0 aliphatic rings. The van der Waals surface area contributed by atoms with E-state index < -0.39 is 17.5 Å². The second-order valence-electron chi connectivity index (χ2n) is 6.32. The second kappa shape index (κ2) is 9.01. The maximum Gasteiger partial charge on any atom is 0.274 e. The molecule has 8 heteroatoms. The number of hydrogen-bond acceptors (Lipinski definition) is 4. The first-order valence-electron chi connectivity index (χ1n) is 8.82. The van der Waals surface area contributed by atoms with Gasteiger partial charge in [-0.2, -0.15) is 0 Å². The maximum atomic E-state index is 13.3. The van der Waals surface area contributed by atoms with Gasteiger partial charge in [0.15, 0.2) is 11.6 Å². The molecule has 0 atom stereocenters. The molecule has 3 aromatic rings. The molecular weight excluding hydrogens is 378 g/mol. The summed E-state index contributed by atoms with van der Waals surface area (Å²) < 4.78 is 26.3. The van der Waals surface area contributed by atoms with Crippen LogP contribution in [0.15, 0.2) is 60.9 Å². The lowest BCUT2D eigenvalue weighted by molar-refractivity contribution is 0.0790. The highest BCUT2D eigenvalue weighted by Crippen LogP contribution is 2.14. The summed E-state index contributed by atoms with van der Waals surface area (Å²) in [6.07, 6.45) is 4.03. The van der Waals surface area contributed by atoms with Crippen LogP contribution in [0.3, 0.4) is 0 Å². The van der Waals surface area contributed by atoms with E-state index in [-0.39, 0.29) is 23.0 Å². The van der Waals surface area contributed by atoms with E-state index in [9.17, 15) is 18.4 Å². The van der Waals surface area contributed by atoms with Crippen LogP contribution in [0.1, 0.15) is 26.5 Å². The molecule has 0 fully saturated rings.